The molecule has 0 nitrogen and oxygen atoms in total. The molecule has 0 N–H and O–H groups in total. The van der Waals surface area contributed by atoms with Crippen molar-refractivity contribution in [3.05, 3.63) is 83.7 Å². The first-order valence-corrected chi connectivity index (χ1v) is 6.03. The smallest absolute Gasteiger partial charge is 0.123 e. The number of hydrogen-bond acceptors (Lipinski definition) is 0. The van der Waals surface area contributed by atoms with E-state index in [4.69, 9.17) is 0 Å². The van der Waals surface area contributed by atoms with E-state index in [-0.39, 0.29) is 5.82 Å². The van der Waals surface area contributed by atoms with E-state index in [0.29, 0.717) is 0 Å². The van der Waals surface area contributed by atoms with E-state index in [2.05, 4.69) is 30.3 Å². The summed E-state index contributed by atoms with van der Waals surface area (Å²) in [6.45, 7) is 0. The third-order valence-corrected chi connectivity index (χ3v) is 3.11. The summed E-state index contributed by atoms with van der Waals surface area (Å²) in [7, 11) is 0. The van der Waals surface area contributed by atoms with Crippen molar-refractivity contribution in [1.29, 1.82) is 0 Å². The second kappa shape index (κ2) is 4.61. The highest BCUT2D eigenvalue weighted by molar-refractivity contribution is 5.83. The molecule has 0 amide bonds. The van der Waals surface area contributed by atoms with E-state index in [1.165, 1.54) is 22.4 Å². The minimum atomic E-state index is -0.173. The molecule has 0 unspecified atom stereocenters. The van der Waals surface area contributed by atoms with Crippen LogP contribution < -0.4 is 0 Å². The first kappa shape index (κ1) is 11.0. The van der Waals surface area contributed by atoms with Crippen LogP contribution in [0.5, 0.6) is 0 Å². The van der Waals surface area contributed by atoms with Crippen LogP contribution in [0.3, 0.4) is 0 Å². The molecule has 0 saturated heterocycles. The molecule has 0 atom stereocenters. The zero-order chi connectivity index (χ0) is 12.4. The molecule has 3 rings (SSSR count). The molecule has 0 heterocycles. The van der Waals surface area contributed by atoms with Crippen molar-refractivity contribution < 1.29 is 4.39 Å². The minimum Gasteiger partial charge on any atom is -0.207 e. The minimum absolute atomic E-state index is 0.173. The van der Waals surface area contributed by atoms with Crippen molar-refractivity contribution in [2.45, 2.75) is 6.42 Å². The van der Waals surface area contributed by atoms with Gasteiger partial charge in [-0.2, -0.15) is 0 Å². The van der Waals surface area contributed by atoms with Gasteiger partial charge in [-0.3, -0.25) is 0 Å². The highest BCUT2D eigenvalue weighted by Crippen LogP contribution is 2.18. The van der Waals surface area contributed by atoms with Crippen LogP contribution in [0.15, 0.2) is 66.7 Å². The molecule has 0 aliphatic carbocycles. The molecule has 0 bridgehead atoms. The Labute approximate surface area is 106 Å². The molecule has 0 aliphatic heterocycles. The zero-order valence-electron chi connectivity index (χ0n) is 9.94. The van der Waals surface area contributed by atoms with Crippen molar-refractivity contribution in [3.8, 4) is 0 Å². The Morgan fingerprint density at radius 3 is 2.28 bits per heavy atom. The van der Waals surface area contributed by atoms with Crippen LogP contribution >= 0.6 is 0 Å². The Kier molecular flexibility index (Phi) is 2.81. The van der Waals surface area contributed by atoms with E-state index >= 15 is 0 Å². The molecule has 0 aliphatic rings. The Hall–Kier alpha value is -2.15. The number of benzene rings is 3. The Morgan fingerprint density at radius 1 is 0.667 bits per heavy atom. The normalized spacial score (nSPS) is 10.7. The lowest BCUT2D eigenvalue weighted by Crippen LogP contribution is -1.89. The molecule has 3 aromatic carbocycles. The van der Waals surface area contributed by atoms with E-state index in [9.17, 15) is 4.39 Å². The molecular weight excluding hydrogens is 223 g/mol. The molecule has 0 fully saturated rings. The van der Waals surface area contributed by atoms with Gasteiger partial charge in [0.2, 0.25) is 0 Å². The summed E-state index contributed by atoms with van der Waals surface area (Å²) < 4.78 is 13.1. The van der Waals surface area contributed by atoms with E-state index in [1.54, 1.807) is 12.1 Å². The SMILES string of the molecule is Fc1cccc(Cc2ccc3ccccc3c2)c1. The molecule has 18 heavy (non-hydrogen) atoms. The largest absolute Gasteiger partial charge is 0.207 e. The molecular formula is C17H13F. The van der Waals surface area contributed by atoms with Crippen molar-refractivity contribution >= 4 is 10.8 Å². The molecule has 88 valence electrons. The summed E-state index contributed by atoms with van der Waals surface area (Å²) >= 11 is 0. The second-order valence-corrected chi connectivity index (χ2v) is 4.49. The van der Waals surface area contributed by atoms with Gasteiger partial charge in [0, 0.05) is 0 Å². The maximum absolute atomic E-state index is 13.1. The summed E-state index contributed by atoms with van der Waals surface area (Å²) in [4.78, 5) is 0. The van der Waals surface area contributed by atoms with E-state index < -0.39 is 0 Å². The van der Waals surface area contributed by atoms with E-state index in [0.717, 1.165) is 12.0 Å². The topological polar surface area (TPSA) is 0 Å². The Bertz CT molecular complexity index is 686. The van der Waals surface area contributed by atoms with Gasteiger partial charge in [0.05, 0.1) is 0 Å². The quantitative estimate of drug-likeness (QED) is 0.611. The number of halogens is 1. The van der Waals surface area contributed by atoms with Crippen LogP contribution in [-0.2, 0) is 6.42 Å². The van der Waals surface area contributed by atoms with Crippen molar-refractivity contribution in [2.24, 2.45) is 0 Å². The fraction of sp³-hybridized carbons (Fsp3) is 0.0588. The standard InChI is InChI=1S/C17H13F/c18-17-7-3-4-13(12-17)10-14-8-9-15-5-1-2-6-16(15)11-14/h1-9,11-12H,10H2. The third kappa shape index (κ3) is 2.25. The summed E-state index contributed by atoms with van der Waals surface area (Å²) in [5, 5.41) is 2.46. The summed E-state index contributed by atoms with van der Waals surface area (Å²) in [5.74, 6) is -0.173. The van der Waals surface area contributed by atoms with Gasteiger partial charge in [-0.1, -0.05) is 54.6 Å². The summed E-state index contributed by atoms with van der Waals surface area (Å²) in [6, 6.07) is 21.4. The molecule has 0 radical (unpaired) electrons. The monoisotopic (exact) mass is 236 g/mol. The number of fused-ring (bicyclic) bond motifs is 1. The lowest BCUT2D eigenvalue weighted by Gasteiger charge is -2.04. The summed E-state index contributed by atoms with van der Waals surface area (Å²) in [6.07, 6.45) is 0.766. The first-order chi connectivity index (χ1) is 8.81. The van der Waals surface area contributed by atoms with Gasteiger partial charge in [0.1, 0.15) is 5.82 Å². The predicted molar refractivity (Wildman–Crippen MR) is 73.2 cm³/mol. The maximum Gasteiger partial charge on any atom is 0.123 e. The Balaban J connectivity index is 1.95. The van der Waals surface area contributed by atoms with Gasteiger partial charge in [-0.15, -0.1) is 0 Å². The van der Waals surface area contributed by atoms with Crippen LogP contribution in [-0.4, -0.2) is 0 Å². The van der Waals surface area contributed by atoms with Crippen LogP contribution in [0.1, 0.15) is 11.1 Å². The van der Waals surface area contributed by atoms with Crippen molar-refractivity contribution in [2.75, 3.05) is 0 Å². The van der Waals surface area contributed by atoms with Gasteiger partial charge in [0.25, 0.3) is 0 Å². The highest BCUT2D eigenvalue weighted by Gasteiger charge is 1.99. The predicted octanol–water partition coefficient (Wildman–Crippen LogP) is 4.57. The maximum atomic E-state index is 13.1. The molecule has 0 saturated carbocycles. The van der Waals surface area contributed by atoms with Crippen LogP contribution in [0.2, 0.25) is 0 Å². The molecule has 0 spiro atoms. The third-order valence-electron chi connectivity index (χ3n) is 3.11. The van der Waals surface area contributed by atoms with Gasteiger partial charge >= 0.3 is 0 Å². The average molecular weight is 236 g/mol. The first-order valence-electron chi connectivity index (χ1n) is 6.03. The van der Waals surface area contributed by atoms with Crippen LogP contribution in [0.4, 0.5) is 4.39 Å². The second-order valence-electron chi connectivity index (χ2n) is 4.49. The fourth-order valence-electron chi connectivity index (χ4n) is 2.23. The summed E-state index contributed by atoms with van der Waals surface area (Å²) in [5.41, 5.74) is 2.21. The molecule has 1 heteroatoms. The van der Waals surface area contributed by atoms with Crippen LogP contribution in [0, 0.1) is 5.82 Å². The molecule has 3 aromatic rings. The fourth-order valence-corrected chi connectivity index (χ4v) is 2.23. The van der Waals surface area contributed by atoms with Gasteiger partial charge < -0.3 is 0 Å². The van der Waals surface area contributed by atoms with Gasteiger partial charge in [-0.05, 0) is 40.5 Å². The highest BCUT2D eigenvalue weighted by atomic mass is 19.1. The van der Waals surface area contributed by atoms with E-state index in [1.807, 2.05) is 18.2 Å². The lowest BCUT2D eigenvalue weighted by molar-refractivity contribution is 0.626. The zero-order valence-corrected chi connectivity index (χ0v) is 9.94. The number of hydrogen-bond donors (Lipinski definition) is 0. The lowest BCUT2D eigenvalue weighted by atomic mass is 10.0. The molecule has 0 aromatic heterocycles. The van der Waals surface area contributed by atoms with Gasteiger partial charge in [0.15, 0.2) is 0 Å². The van der Waals surface area contributed by atoms with Crippen molar-refractivity contribution in [3.63, 3.8) is 0 Å². The van der Waals surface area contributed by atoms with Crippen molar-refractivity contribution in [1.82, 2.24) is 0 Å². The average Bonchev–Trinajstić information content (AvgIpc) is 2.39. The Morgan fingerprint density at radius 2 is 1.44 bits per heavy atom. The van der Waals surface area contributed by atoms with Crippen LogP contribution in [0.25, 0.3) is 10.8 Å². The number of rotatable bonds is 2. The van der Waals surface area contributed by atoms with Gasteiger partial charge in [-0.25, -0.2) is 4.39 Å².